The van der Waals surface area contributed by atoms with Crippen LogP contribution in [0.2, 0.25) is 0 Å². The fourth-order valence-corrected chi connectivity index (χ4v) is 3.19. The summed E-state index contributed by atoms with van der Waals surface area (Å²) < 4.78 is 0. The molecule has 0 radical (unpaired) electrons. The second kappa shape index (κ2) is 5.24. The number of fused-ring (bicyclic) bond motifs is 1. The molecule has 1 unspecified atom stereocenters. The number of benzene rings is 2. The third kappa shape index (κ3) is 2.18. The van der Waals surface area contributed by atoms with Gasteiger partial charge in [-0.05, 0) is 54.5 Å². The van der Waals surface area contributed by atoms with Gasteiger partial charge in [-0.1, -0.05) is 42.5 Å². The number of nitrogens with zero attached hydrogens (tertiary/aromatic N) is 1. The van der Waals surface area contributed by atoms with Crippen molar-refractivity contribution in [2.24, 2.45) is 4.99 Å². The molecule has 0 heterocycles. The minimum atomic E-state index is 0.510. The molecule has 0 amide bonds. The maximum Gasteiger partial charge on any atom is 0.0420 e. The predicted molar refractivity (Wildman–Crippen MR) is 85.9 cm³/mol. The van der Waals surface area contributed by atoms with E-state index in [1.807, 2.05) is 7.05 Å². The van der Waals surface area contributed by atoms with Gasteiger partial charge in [0.1, 0.15) is 0 Å². The first kappa shape index (κ1) is 13.1. The molecule has 1 aliphatic carbocycles. The molecule has 0 bridgehead atoms. The Morgan fingerprint density at radius 1 is 1.00 bits per heavy atom. The van der Waals surface area contributed by atoms with Crippen LogP contribution in [-0.4, -0.2) is 12.8 Å². The van der Waals surface area contributed by atoms with Crippen LogP contribution in [0, 0.1) is 13.8 Å². The minimum absolute atomic E-state index is 0.510. The van der Waals surface area contributed by atoms with E-state index in [0.29, 0.717) is 5.92 Å². The van der Waals surface area contributed by atoms with Gasteiger partial charge in [-0.3, -0.25) is 4.99 Å². The van der Waals surface area contributed by atoms with Crippen LogP contribution in [0.1, 0.15) is 46.6 Å². The number of hydrogen-bond donors (Lipinski definition) is 0. The van der Waals surface area contributed by atoms with Gasteiger partial charge in [0, 0.05) is 18.7 Å². The summed E-state index contributed by atoms with van der Waals surface area (Å²) in [5, 5.41) is 0. The van der Waals surface area contributed by atoms with E-state index in [4.69, 9.17) is 0 Å². The largest absolute Gasteiger partial charge is 0.292 e. The molecular formula is C19H21N. The number of aryl methyl sites for hydroxylation is 2. The van der Waals surface area contributed by atoms with Crippen molar-refractivity contribution >= 4 is 5.71 Å². The molecule has 2 aromatic carbocycles. The van der Waals surface area contributed by atoms with Crippen LogP contribution in [0.3, 0.4) is 0 Å². The van der Waals surface area contributed by atoms with E-state index in [-0.39, 0.29) is 0 Å². The smallest absolute Gasteiger partial charge is 0.0420 e. The highest BCUT2D eigenvalue weighted by Crippen LogP contribution is 2.37. The molecule has 0 saturated carbocycles. The molecule has 2 aromatic rings. The van der Waals surface area contributed by atoms with E-state index in [1.54, 1.807) is 0 Å². The average molecular weight is 263 g/mol. The molecule has 0 aliphatic heterocycles. The van der Waals surface area contributed by atoms with Gasteiger partial charge in [-0.25, -0.2) is 0 Å². The van der Waals surface area contributed by atoms with E-state index < -0.39 is 0 Å². The van der Waals surface area contributed by atoms with E-state index in [9.17, 15) is 0 Å². The third-order valence-corrected chi connectivity index (χ3v) is 4.52. The van der Waals surface area contributed by atoms with Crippen molar-refractivity contribution < 1.29 is 0 Å². The predicted octanol–water partition coefficient (Wildman–Crippen LogP) is 4.65. The van der Waals surface area contributed by atoms with E-state index in [1.165, 1.54) is 33.5 Å². The Kier molecular flexibility index (Phi) is 3.43. The summed E-state index contributed by atoms with van der Waals surface area (Å²) in [6, 6.07) is 15.6. The second-order valence-corrected chi connectivity index (χ2v) is 5.69. The van der Waals surface area contributed by atoms with Gasteiger partial charge >= 0.3 is 0 Å². The quantitative estimate of drug-likeness (QED) is 0.710. The lowest BCUT2D eigenvalue weighted by Crippen LogP contribution is -2.17. The van der Waals surface area contributed by atoms with Gasteiger partial charge in [0.2, 0.25) is 0 Å². The van der Waals surface area contributed by atoms with Crippen LogP contribution in [0.5, 0.6) is 0 Å². The highest BCUT2D eigenvalue weighted by molar-refractivity contribution is 6.03. The SMILES string of the molecule is CN=C1CCC(c2ccc(C)c(C)c2)c2ccccc21. The molecule has 0 aromatic heterocycles. The highest BCUT2D eigenvalue weighted by atomic mass is 14.7. The lowest BCUT2D eigenvalue weighted by Gasteiger charge is -2.27. The van der Waals surface area contributed by atoms with Gasteiger partial charge in [-0.15, -0.1) is 0 Å². The zero-order chi connectivity index (χ0) is 14.1. The Morgan fingerprint density at radius 3 is 2.55 bits per heavy atom. The molecule has 0 saturated heterocycles. The summed E-state index contributed by atoms with van der Waals surface area (Å²) in [5.41, 5.74) is 8.21. The molecule has 20 heavy (non-hydrogen) atoms. The second-order valence-electron chi connectivity index (χ2n) is 5.69. The van der Waals surface area contributed by atoms with Gasteiger partial charge in [0.05, 0.1) is 0 Å². The third-order valence-electron chi connectivity index (χ3n) is 4.52. The molecular weight excluding hydrogens is 242 g/mol. The Morgan fingerprint density at radius 2 is 1.80 bits per heavy atom. The average Bonchev–Trinajstić information content (AvgIpc) is 2.49. The summed E-state index contributed by atoms with van der Waals surface area (Å²) in [6.07, 6.45) is 2.23. The first-order chi connectivity index (χ1) is 9.70. The van der Waals surface area contributed by atoms with Gasteiger partial charge < -0.3 is 0 Å². The minimum Gasteiger partial charge on any atom is -0.292 e. The summed E-state index contributed by atoms with van der Waals surface area (Å²) >= 11 is 0. The Balaban J connectivity index is 2.09. The first-order valence-corrected chi connectivity index (χ1v) is 7.33. The monoisotopic (exact) mass is 263 g/mol. The van der Waals surface area contributed by atoms with Gasteiger partial charge in [-0.2, -0.15) is 0 Å². The van der Waals surface area contributed by atoms with E-state index in [2.05, 4.69) is 61.3 Å². The molecule has 0 spiro atoms. The number of aliphatic imine (C=N–C) groups is 1. The van der Waals surface area contributed by atoms with Crippen LogP contribution in [0.25, 0.3) is 0 Å². The normalized spacial score (nSPS) is 19.9. The van der Waals surface area contributed by atoms with Gasteiger partial charge in [0.25, 0.3) is 0 Å². The number of rotatable bonds is 1. The summed E-state index contributed by atoms with van der Waals surface area (Å²) in [7, 11) is 1.91. The van der Waals surface area contributed by atoms with Crippen LogP contribution in [0.15, 0.2) is 47.5 Å². The van der Waals surface area contributed by atoms with Crippen molar-refractivity contribution in [3.8, 4) is 0 Å². The molecule has 0 N–H and O–H groups in total. The standard InChI is InChI=1S/C19H21N/c1-13-8-9-15(12-14(13)2)16-10-11-19(20-3)18-7-5-4-6-17(16)18/h4-9,12,16H,10-11H2,1-3H3. The lowest BCUT2D eigenvalue weighted by molar-refractivity contribution is 0.721. The Labute approximate surface area is 121 Å². The number of hydrogen-bond acceptors (Lipinski definition) is 1. The first-order valence-electron chi connectivity index (χ1n) is 7.33. The van der Waals surface area contributed by atoms with E-state index >= 15 is 0 Å². The van der Waals surface area contributed by atoms with Crippen LogP contribution in [0.4, 0.5) is 0 Å². The zero-order valence-electron chi connectivity index (χ0n) is 12.5. The molecule has 1 aliphatic rings. The van der Waals surface area contributed by atoms with Crippen molar-refractivity contribution in [2.45, 2.75) is 32.6 Å². The molecule has 1 nitrogen and oxygen atoms in total. The Hall–Kier alpha value is -1.89. The fraction of sp³-hybridized carbons (Fsp3) is 0.316. The van der Waals surface area contributed by atoms with Crippen LogP contribution < -0.4 is 0 Å². The zero-order valence-corrected chi connectivity index (χ0v) is 12.5. The van der Waals surface area contributed by atoms with Crippen molar-refractivity contribution in [2.75, 3.05) is 7.05 Å². The molecule has 3 rings (SSSR count). The summed E-state index contributed by atoms with van der Waals surface area (Å²) in [5.74, 6) is 0.510. The topological polar surface area (TPSA) is 12.4 Å². The Bertz CT molecular complexity index is 667. The van der Waals surface area contributed by atoms with Crippen molar-refractivity contribution in [3.63, 3.8) is 0 Å². The van der Waals surface area contributed by atoms with Gasteiger partial charge in [0.15, 0.2) is 0 Å². The molecule has 102 valence electrons. The summed E-state index contributed by atoms with van der Waals surface area (Å²) in [6.45, 7) is 4.38. The van der Waals surface area contributed by atoms with Crippen molar-refractivity contribution in [1.82, 2.24) is 0 Å². The van der Waals surface area contributed by atoms with Crippen LogP contribution >= 0.6 is 0 Å². The highest BCUT2D eigenvalue weighted by Gasteiger charge is 2.24. The fourth-order valence-electron chi connectivity index (χ4n) is 3.19. The lowest BCUT2D eigenvalue weighted by atomic mass is 9.77. The molecule has 1 heteroatoms. The summed E-state index contributed by atoms with van der Waals surface area (Å²) in [4.78, 5) is 4.47. The maximum atomic E-state index is 4.47. The van der Waals surface area contributed by atoms with Crippen molar-refractivity contribution in [3.05, 3.63) is 70.3 Å². The van der Waals surface area contributed by atoms with E-state index in [0.717, 1.165) is 12.8 Å². The maximum absolute atomic E-state index is 4.47. The molecule has 1 atom stereocenters. The van der Waals surface area contributed by atoms with Crippen molar-refractivity contribution in [1.29, 1.82) is 0 Å². The molecule has 0 fully saturated rings. The van der Waals surface area contributed by atoms with Crippen LogP contribution in [-0.2, 0) is 0 Å².